The van der Waals surface area contributed by atoms with Crippen molar-refractivity contribution in [3.63, 3.8) is 0 Å². The predicted octanol–water partition coefficient (Wildman–Crippen LogP) is 2.60. The van der Waals surface area contributed by atoms with Gasteiger partial charge in [0.1, 0.15) is 5.56 Å². The van der Waals surface area contributed by atoms with Gasteiger partial charge in [0.15, 0.2) is 5.65 Å². The lowest BCUT2D eigenvalue weighted by Crippen LogP contribution is -2.27. The van der Waals surface area contributed by atoms with Crippen LogP contribution in [0.5, 0.6) is 0 Å². The highest BCUT2D eigenvalue weighted by molar-refractivity contribution is 5.99. The minimum atomic E-state index is -0.276. The fraction of sp³-hybridized carbons (Fsp3) is 0.217. The van der Waals surface area contributed by atoms with Crippen molar-refractivity contribution in [1.82, 2.24) is 24.9 Å². The molecule has 0 spiro atoms. The van der Waals surface area contributed by atoms with E-state index in [2.05, 4.69) is 20.4 Å². The molecule has 0 aliphatic rings. The van der Waals surface area contributed by atoms with Gasteiger partial charge in [0.2, 0.25) is 0 Å². The summed E-state index contributed by atoms with van der Waals surface area (Å²) in [6.45, 7) is 4.28. The van der Waals surface area contributed by atoms with Gasteiger partial charge in [0, 0.05) is 48.7 Å². The van der Waals surface area contributed by atoms with Gasteiger partial charge >= 0.3 is 0 Å². The van der Waals surface area contributed by atoms with Crippen LogP contribution < -0.4 is 10.9 Å². The zero-order chi connectivity index (χ0) is 21.1. The van der Waals surface area contributed by atoms with Gasteiger partial charge in [-0.1, -0.05) is 35.9 Å². The largest absolute Gasteiger partial charge is 0.351 e. The Bertz CT molecular complexity index is 1240. The molecule has 7 heteroatoms. The number of amides is 1. The number of carbonyl (C=O) groups is 1. The Labute approximate surface area is 173 Å². The Kier molecular flexibility index (Phi) is 5.43. The third kappa shape index (κ3) is 4.00. The lowest BCUT2D eigenvalue weighted by atomic mass is 10.0. The number of hydrogen-bond donors (Lipinski definition) is 2. The number of nitrogens with one attached hydrogen (secondary N) is 2. The first-order valence-electron chi connectivity index (χ1n) is 9.86. The Balaban J connectivity index is 1.55. The van der Waals surface area contributed by atoms with Crippen LogP contribution in [0, 0.1) is 13.8 Å². The van der Waals surface area contributed by atoms with Gasteiger partial charge < -0.3 is 5.32 Å². The molecule has 3 heterocycles. The van der Waals surface area contributed by atoms with E-state index in [0.29, 0.717) is 41.9 Å². The highest BCUT2D eigenvalue weighted by atomic mass is 16.2. The van der Waals surface area contributed by atoms with Crippen molar-refractivity contribution in [2.75, 3.05) is 6.54 Å². The molecular weight excluding hydrogens is 378 g/mol. The topological polar surface area (TPSA) is 92.2 Å². The summed E-state index contributed by atoms with van der Waals surface area (Å²) in [6.07, 6.45) is 4.37. The number of rotatable bonds is 6. The summed E-state index contributed by atoms with van der Waals surface area (Å²) in [5.41, 5.74) is 4.85. The van der Waals surface area contributed by atoms with Crippen LogP contribution in [0.2, 0.25) is 0 Å². The van der Waals surface area contributed by atoms with Gasteiger partial charge in [-0.25, -0.2) is 9.50 Å². The standard InChI is InChI=1S/C23H23N5O2/c1-15-6-8-17(9-7-15)13-19-16(2)27-21-20(14-26-28(21)23(19)30)22(29)25-12-10-18-5-3-4-11-24-18/h3-9,11,14,26H,10,12-13H2,1-2H3,(H,25,29). The number of aryl methyl sites for hydroxylation is 2. The average Bonchev–Trinajstić information content (AvgIpc) is 3.17. The van der Waals surface area contributed by atoms with Crippen molar-refractivity contribution in [2.45, 2.75) is 26.7 Å². The number of benzene rings is 1. The number of aromatic amines is 1. The van der Waals surface area contributed by atoms with Crippen LogP contribution in [0.3, 0.4) is 0 Å². The van der Waals surface area contributed by atoms with Crippen LogP contribution in [0.15, 0.2) is 59.7 Å². The maximum Gasteiger partial charge on any atom is 0.276 e. The van der Waals surface area contributed by atoms with E-state index < -0.39 is 0 Å². The van der Waals surface area contributed by atoms with Gasteiger partial charge in [-0.15, -0.1) is 0 Å². The summed E-state index contributed by atoms with van der Waals surface area (Å²) in [5.74, 6) is -0.276. The van der Waals surface area contributed by atoms with Crippen LogP contribution >= 0.6 is 0 Å². The van der Waals surface area contributed by atoms with Gasteiger partial charge in [-0.2, -0.15) is 0 Å². The zero-order valence-electron chi connectivity index (χ0n) is 17.0. The van der Waals surface area contributed by atoms with Crippen LogP contribution in [0.25, 0.3) is 5.65 Å². The normalized spacial score (nSPS) is 11.0. The molecule has 0 aliphatic carbocycles. The number of fused-ring (bicyclic) bond motifs is 1. The lowest BCUT2D eigenvalue weighted by Gasteiger charge is -2.07. The quantitative estimate of drug-likeness (QED) is 0.519. The van der Waals surface area contributed by atoms with Crippen LogP contribution in [-0.4, -0.2) is 32.0 Å². The number of pyridine rings is 1. The SMILES string of the molecule is Cc1ccc(Cc2c(C)nc3c(C(=O)NCCc4ccccn4)c[nH]n3c2=O)cc1. The van der Waals surface area contributed by atoms with E-state index in [4.69, 9.17) is 0 Å². The molecular formula is C23H23N5O2. The minimum absolute atomic E-state index is 0.189. The zero-order valence-corrected chi connectivity index (χ0v) is 17.0. The van der Waals surface area contributed by atoms with Crippen LogP contribution in [-0.2, 0) is 12.8 Å². The van der Waals surface area contributed by atoms with Gasteiger partial charge in [-0.05, 0) is 31.5 Å². The van der Waals surface area contributed by atoms with Gasteiger partial charge in [0.25, 0.3) is 11.5 Å². The Hall–Kier alpha value is -3.74. The Morgan fingerprint density at radius 2 is 1.93 bits per heavy atom. The third-order valence-corrected chi connectivity index (χ3v) is 5.10. The second kappa shape index (κ2) is 8.32. The first kappa shape index (κ1) is 19.6. The third-order valence-electron chi connectivity index (χ3n) is 5.10. The highest BCUT2D eigenvalue weighted by Crippen LogP contribution is 2.13. The molecule has 0 saturated heterocycles. The maximum atomic E-state index is 13.0. The maximum absolute atomic E-state index is 13.0. The lowest BCUT2D eigenvalue weighted by molar-refractivity contribution is 0.0955. The van der Waals surface area contributed by atoms with E-state index in [0.717, 1.165) is 11.3 Å². The molecule has 0 aliphatic heterocycles. The van der Waals surface area contributed by atoms with Crippen LogP contribution in [0.1, 0.15) is 38.4 Å². The molecule has 2 N–H and O–H groups in total. The molecule has 4 rings (SSSR count). The van der Waals surface area contributed by atoms with E-state index in [1.54, 1.807) is 13.1 Å². The Morgan fingerprint density at radius 3 is 2.67 bits per heavy atom. The molecule has 0 bridgehead atoms. The fourth-order valence-electron chi connectivity index (χ4n) is 3.38. The molecule has 0 fully saturated rings. The second-order valence-corrected chi connectivity index (χ2v) is 7.32. The Morgan fingerprint density at radius 1 is 1.13 bits per heavy atom. The highest BCUT2D eigenvalue weighted by Gasteiger charge is 2.18. The molecule has 0 radical (unpaired) electrons. The fourth-order valence-corrected chi connectivity index (χ4v) is 3.38. The van der Waals surface area contributed by atoms with Crippen molar-refractivity contribution in [3.8, 4) is 0 Å². The summed E-state index contributed by atoms with van der Waals surface area (Å²) in [4.78, 5) is 34.4. The first-order valence-corrected chi connectivity index (χ1v) is 9.86. The minimum Gasteiger partial charge on any atom is -0.351 e. The molecule has 0 saturated carbocycles. The van der Waals surface area contributed by atoms with Gasteiger partial charge in [0.05, 0.1) is 0 Å². The summed E-state index contributed by atoms with van der Waals surface area (Å²) in [5, 5.41) is 5.75. The molecule has 1 aromatic carbocycles. The summed E-state index contributed by atoms with van der Waals surface area (Å²) < 4.78 is 1.34. The number of aromatic nitrogens is 4. The summed E-state index contributed by atoms with van der Waals surface area (Å²) in [6, 6.07) is 13.8. The summed E-state index contributed by atoms with van der Waals surface area (Å²) in [7, 11) is 0. The smallest absolute Gasteiger partial charge is 0.276 e. The number of nitrogens with zero attached hydrogens (tertiary/aromatic N) is 3. The molecule has 30 heavy (non-hydrogen) atoms. The van der Waals surface area contributed by atoms with Crippen molar-refractivity contribution >= 4 is 11.6 Å². The molecule has 4 aromatic rings. The van der Waals surface area contributed by atoms with E-state index in [9.17, 15) is 9.59 Å². The number of carbonyl (C=O) groups excluding carboxylic acids is 1. The van der Waals surface area contributed by atoms with Crippen molar-refractivity contribution in [1.29, 1.82) is 0 Å². The second-order valence-electron chi connectivity index (χ2n) is 7.32. The van der Waals surface area contributed by atoms with Crippen molar-refractivity contribution < 1.29 is 4.79 Å². The van der Waals surface area contributed by atoms with E-state index in [1.807, 2.05) is 49.4 Å². The molecule has 0 unspecified atom stereocenters. The van der Waals surface area contributed by atoms with Crippen molar-refractivity contribution in [3.05, 3.63) is 98.9 Å². The molecule has 1 amide bonds. The molecule has 0 atom stereocenters. The van der Waals surface area contributed by atoms with Crippen LogP contribution in [0.4, 0.5) is 0 Å². The summed E-state index contributed by atoms with van der Waals surface area (Å²) >= 11 is 0. The monoisotopic (exact) mass is 401 g/mol. The molecule has 7 nitrogen and oxygen atoms in total. The number of H-pyrrole nitrogens is 1. The van der Waals surface area contributed by atoms with E-state index in [-0.39, 0.29) is 11.5 Å². The molecule has 152 valence electrons. The first-order chi connectivity index (χ1) is 14.5. The van der Waals surface area contributed by atoms with Gasteiger partial charge in [-0.3, -0.25) is 19.7 Å². The van der Waals surface area contributed by atoms with Crippen molar-refractivity contribution in [2.24, 2.45) is 0 Å². The van der Waals surface area contributed by atoms with E-state index >= 15 is 0 Å². The number of hydrogen-bond acceptors (Lipinski definition) is 4. The predicted molar refractivity (Wildman–Crippen MR) is 115 cm³/mol. The molecule has 3 aromatic heterocycles. The van der Waals surface area contributed by atoms with E-state index in [1.165, 1.54) is 16.3 Å². The average molecular weight is 401 g/mol.